The van der Waals surface area contributed by atoms with E-state index in [0.29, 0.717) is 18.0 Å². The lowest BCUT2D eigenvalue weighted by molar-refractivity contribution is -0.130. The molecule has 6 nitrogen and oxygen atoms in total. The molecule has 1 aromatic rings. The van der Waals surface area contributed by atoms with E-state index in [0.717, 1.165) is 18.7 Å². The number of nitrogens with zero attached hydrogens (tertiary/aromatic N) is 4. The maximum atomic E-state index is 13.9. The fourth-order valence-electron chi connectivity index (χ4n) is 3.85. The number of carbonyl (C=O) groups is 1. The summed E-state index contributed by atoms with van der Waals surface area (Å²) in [5.41, 5.74) is 1.48. The molecular weight excluding hydrogens is 330 g/mol. The molecule has 1 aromatic heterocycles. The number of hydrogen-bond acceptors (Lipinski definition) is 5. The highest BCUT2D eigenvalue weighted by molar-refractivity contribution is 5.79. The standard InChI is InChI=1S/C17H26F2N4O2/c1-11-15(12(2)25-20-11)5-16(24)22(4)9-13-6-17(18,19)10-23(13)14-7-21(3)8-14/h13-14H,5-10H2,1-4H3/t13-/m0/s1. The van der Waals surface area contributed by atoms with Crippen LogP contribution in [-0.4, -0.2) is 84.0 Å². The summed E-state index contributed by atoms with van der Waals surface area (Å²) in [6.07, 6.45) is 0.00308. The molecule has 0 aliphatic carbocycles. The molecule has 0 aromatic carbocycles. The van der Waals surface area contributed by atoms with Crippen molar-refractivity contribution in [3.05, 3.63) is 17.0 Å². The molecule has 3 heterocycles. The molecule has 0 bridgehead atoms. The Bertz CT molecular complexity index is 623. The van der Waals surface area contributed by atoms with Gasteiger partial charge in [-0.3, -0.25) is 9.69 Å². The quantitative estimate of drug-likeness (QED) is 0.796. The maximum absolute atomic E-state index is 13.9. The van der Waals surface area contributed by atoms with E-state index < -0.39 is 5.92 Å². The molecule has 2 fully saturated rings. The second-order valence-electron chi connectivity index (χ2n) is 7.52. The summed E-state index contributed by atoms with van der Waals surface area (Å²) in [6, 6.07) is -0.137. The molecule has 0 radical (unpaired) electrons. The van der Waals surface area contributed by atoms with Crippen LogP contribution >= 0.6 is 0 Å². The zero-order chi connectivity index (χ0) is 18.4. The second-order valence-corrected chi connectivity index (χ2v) is 7.52. The van der Waals surface area contributed by atoms with E-state index in [-0.39, 0.29) is 37.4 Å². The number of likely N-dealkylation sites (tertiary alicyclic amines) is 2. The van der Waals surface area contributed by atoms with E-state index in [9.17, 15) is 13.6 Å². The van der Waals surface area contributed by atoms with Gasteiger partial charge in [-0.1, -0.05) is 5.16 Å². The first kappa shape index (κ1) is 18.3. The Kier molecular flexibility index (Phi) is 4.85. The number of amides is 1. The zero-order valence-corrected chi connectivity index (χ0v) is 15.3. The number of carbonyl (C=O) groups excluding carboxylic acids is 1. The van der Waals surface area contributed by atoms with Crippen LogP contribution in [0.15, 0.2) is 4.52 Å². The minimum absolute atomic E-state index is 0.102. The summed E-state index contributed by atoms with van der Waals surface area (Å²) in [7, 11) is 3.67. The molecule has 8 heteroatoms. The average molecular weight is 356 g/mol. The fraction of sp³-hybridized carbons (Fsp3) is 0.765. The largest absolute Gasteiger partial charge is 0.361 e. The number of halogens is 2. The van der Waals surface area contributed by atoms with Crippen molar-refractivity contribution in [1.82, 2.24) is 19.9 Å². The molecule has 0 saturated carbocycles. The Balaban J connectivity index is 1.62. The first-order chi connectivity index (χ1) is 11.7. The lowest BCUT2D eigenvalue weighted by Gasteiger charge is -2.44. The maximum Gasteiger partial charge on any atom is 0.262 e. The van der Waals surface area contributed by atoms with Crippen LogP contribution in [0, 0.1) is 13.8 Å². The van der Waals surface area contributed by atoms with Crippen molar-refractivity contribution in [3.63, 3.8) is 0 Å². The van der Waals surface area contributed by atoms with Crippen LogP contribution in [0.1, 0.15) is 23.4 Å². The van der Waals surface area contributed by atoms with Crippen LogP contribution in [-0.2, 0) is 11.2 Å². The van der Waals surface area contributed by atoms with Crippen molar-refractivity contribution in [1.29, 1.82) is 0 Å². The van der Waals surface area contributed by atoms with Gasteiger partial charge >= 0.3 is 0 Å². The first-order valence-corrected chi connectivity index (χ1v) is 8.64. The number of alkyl halides is 2. The second kappa shape index (κ2) is 6.64. The fourth-order valence-corrected chi connectivity index (χ4v) is 3.85. The molecule has 2 aliphatic rings. The predicted molar refractivity (Wildman–Crippen MR) is 88.7 cm³/mol. The van der Waals surface area contributed by atoms with E-state index >= 15 is 0 Å². The molecule has 1 atom stereocenters. The smallest absolute Gasteiger partial charge is 0.262 e. The average Bonchev–Trinajstić information content (AvgIpc) is 2.96. The van der Waals surface area contributed by atoms with Crippen LogP contribution in [0.25, 0.3) is 0 Å². The molecule has 2 saturated heterocycles. The third-order valence-electron chi connectivity index (χ3n) is 5.35. The molecule has 1 amide bonds. The van der Waals surface area contributed by atoms with E-state index in [4.69, 9.17) is 4.52 Å². The third-order valence-corrected chi connectivity index (χ3v) is 5.35. The molecule has 140 valence electrons. The first-order valence-electron chi connectivity index (χ1n) is 8.64. The van der Waals surface area contributed by atoms with E-state index in [1.165, 1.54) is 0 Å². The van der Waals surface area contributed by atoms with E-state index in [1.54, 1.807) is 25.8 Å². The Morgan fingerprint density at radius 1 is 1.40 bits per heavy atom. The number of hydrogen-bond donors (Lipinski definition) is 0. The summed E-state index contributed by atoms with van der Waals surface area (Å²) in [4.78, 5) is 18.1. The van der Waals surface area contributed by atoms with Gasteiger partial charge in [-0.05, 0) is 20.9 Å². The van der Waals surface area contributed by atoms with Gasteiger partial charge in [-0.2, -0.15) is 0 Å². The molecule has 25 heavy (non-hydrogen) atoms. The monoisotopic (exact) mass is 356 g/mol. The summed E-state index contributed by atoms with van der Waals surface area (Å²) in [6.45, 7) is 5.30. The van der Waals surface area contributed by atoms with Crippen LogP contribution in [0.3, 0.4) is 0 Å². The minimum atomic E-state index is -2.68. The highest BCUT2D eigenvalue weighted by atomic mass is 19.3. The van der Waals surface area contributed by atoms with E-state index in [2.05, 4.69) is 10.1 Å². The van der Waals surface area contributed by atoms with Crippen LogP contribution in [0.2, 0.25) is 0 Å². The Labute approximate surface area is 146 Å². The van der Waals surface area contributed by atoms with Gasteiger partial charge < -0.3 is 14.3 Å². The zero-order valence-electron chi connectivity index (χ0n) is 15.3. The van der Waals surface area contributed by atoms with Crippen molar-refractivity contribution < 1.29 is 18.1 Å². The highest BCUT2D eigenvalue weighted by Crippen LogP contribution is 2.35. The summed E-state index contributed by atoms with van der Waals surface area (Å²) in [5, 5.41) is 3.85. The SMILES string of the molecule is Cc1noc(C)c1CC(=O)N(C)C[C@@H]1CC(F)(F)CN1C1CN(C)C1. The highest BCUT2D eigenvalue weighted by Gasteiger charge is 2.49. The van der Waals surface area contributed by atoms with Gasteiger partial charge in [0.1, 0.15) is 5.76 Å². The van der Waals surface area contributed by atoms with Crippen molar-refractivity contribution in [3.8, 4) is 0 Å². The van der Waals surface area contributed by atoms with Gasteiger partial charge in [0.25, 0.3) is 5.92 Å². The number of aryl methyl sites for hydroxylation is 2. The topological polar surface area (TPSA) is 52.8 Å². The molecule has 0 unspecified atom stereocenters. The Morgan fingerprint density at radius 2 is 2.08 bits per heavy atom. The van der Waals surface area contributed by atoms with Crippen molar-refractivity contribution in [2.45, 2.75) is 44.7 Å². The molecular formula is C17H26F2N4O2. The van der Waals surface area contributed by atoms with Crippen LogP contribution < -0.4 is 0 Å². The van der Waals surface area contributed by atoms with Gasteiger partial charge in [0, 0.05) is 50.7 Å². The van der Waals surface area contributed by atoms with Crippen molar-refractivity contribution in [2.24, 2.45) is 0 Å². The van der Waals surface area contributed by atoms with Crippen molar-refractivity contribution in [2.75, 3.05) is 40.3 Å². The van der Waals surface area contributed by atoms with Crippen molar-refractivity contribution >= 4 is 5.91 Å². The summed E-state index contributed by atoms with van der Waals surface area (Å²) in [5.74, 6) is -2.15. The van der Waals surface area contributed by atoms with Gasteiger partial charge in [-0.25, -0.2) is 8.78 Å². The third kappa shape index (κ3) is 3.84. The lowest BCUT2D eigenvalue weighted by atomic mass is 10.1. The van der Waals surface area contributed by atoms with Gasteiger partial charge in [0.05, 0.1) is 18.7 Å². The minimum Gasteiger partial charge on any atom is -0.361 e. The van der Waals surface area contributed by atoms with E-state index in [1.807, 2.05) is 11.9 Å². The molecule has 0 spiro atoms. The van der Waals surface area contributed by atoms with Gasteiger partial charge in [0.15, 0.2) is 0 Å². The van der Waals surface area contributed by atoms with Crippen LogP contribution in [0.5, 0.6) is 0 Å². The van der Waals surface area contributed by atoms with Crippen LogP contribution in [0.4, 0.5) is 8.78 Å². The predicted octanol–water partition coefficient (Wildman–Crippen LogP) is 1.32. The Hall–Kier alpha value is -1.54. The number of aromatic nitrogens is 1. The molecule has 0 N–H and O–H groups in total. The molecule has 3 rings (SSSR count). The summed E-state index contributed by atoms with van der Waals surface area (Å²) < 4.78 is 33.0. The number of rotatable bonds is 5. The lowest BCUT2D eigenvalue weighted by Crippen LogP contribution is -2.60. The number of likely N-dealkylation sites (N-methyl/N-ethyl adjacent to an activating group) is 2. The Morgan fingerprint density at radius 3 is 2.64 bits per heavy atom. The molecule has 2 aliphatic heterocycles. The summed E-state index contributed by atoms with van der Waals surface area (Å²) >= 11 is 0. The normalized spacial score (nSPS) is 24.5. The van der Waals surface area contributed by atoms with Gasteiger partial charge in [0.2, 0.25) is 5.91 Å². The van der Waals surface area contributed by atoms with Gasteiger partial charge in [-0.15, -0.1) is 0 Å².